The Morgan fingerprint density at radius 2 is 1.89 bits per heavy atom. The molecule has 0 unspecified atom stereocenters. The maximum atomic E-state index is 9.15. The Balaban J connectivity index is 2.30. The third kappa shape index (κ3) is 2.78. The number of ether oxygens (including phenoxy) is 2. The number of rotatable bonds is 4. The van der Waals surface area contributed by atoms with Crippen molar-refractivity contribution in [3.63, 3.8) is 0 Å². The van der Waals surface area contributed by atoms with Crippen molar-refractivity contribution in [1.29, 1.82) is 0 Å². The summed E-state index contributed by atoms with van der Waals surface area (Å²) in [7, 11) is 1.59. The Morgan fingerprint density at radius 3 is 2.56 bits per heavy atom. The Bertz CT molecular complexity index is 540. The van der Waals surface area contributed by atoms with E-state index in [2.05, 4.69) is 4.98 Å². The van der Waals surface area contributed by atoms with Crippen molar-refractivity contribution < 1.29 is 14.6 Å². The van der Waals surface area contributed by atoms with Gasteiger partial charge in [0.2, 0.25) is 5.88 Å². The second-order valence-corrected chi connectivity index (χ2v) is 3.87. The van der Waals surface area contributed by atoms with Crippen molar-refractivity contribution in [1.82, 2.24) is 4.98 Å². The summed E-state index contributed by atoms with van der Waals surface area (Å²) < 4.78 is 10.9. The molecule has 1 aromatic carbocycles. The van der Waals surface area contributed by atoms with Crippen LogP contribution in [-0.2, 0) is 6.61 Å². The average molecular weight is 245 g/mol. The second kappa shape index (κ2) is 5.51. The number of pyridine rings is 1. The molecule has 0 bridgehead atoms. The molecule has 18 heavy (non-hydrogen) atoms. The van der Waals surface area contributed by atoms with E-state index in [1.165, 1.54) is 0 Å². The van der Waals surface area contributed by atoms with Crippen molar-refractivity contribution in [3.8, 4) is 17.4 Å². The molecule has 0 saturated heterocycles. The Hall–Kier alpha value is -2.07. The van der Waals surface area contributed by atoms with Gasteiger partial charge in [0.05, 0.1) is 13.7 Å². The molecule has 0 aliphatic carbocycles. The first-order valence-electron chi connectivity index (χ1n) is 5.62. The lowest BCUT2D eigenvalue weighted by Crippen LogP contribution is -1.95. The smallest absolute Gasteiger partial charge is 0.219 e. The Kier molecular flexibility index (Phi) is 3.79. The van der Waals surface area contributed by atoms with Crippen LogP contribution in [0.15, 0.2) is 36.4 Å². The van der Waals surface area contributed by atoms with Gasteiger partial charge in [0, 0.05) is 11.8 Å². The van der Waals surface area contributed by atoms with Gasteiger partial charge >= 0.3 is 0 Å². The molecule has 4 nitrogen and oxygen atoms in total. The van der Waals surface area contributed by atoms with Gasteiger partial charge in [-0.3, -0.25) is 0 Å². The number of nitrogens with zero attached hydrogens (tertiary/aromatic N) is 1. The summed E-state index contributed by atoms with van der Waals surface area (Å²) in [6.45, 7) is 1.82. The van der Waals surface area contributed by atoms with Gasteiger partial charge in [-0.05, 0) is 30.7 Å². The molecule has 0 atom stereocenters. The van der Waals surface area contributed by atoms with E-state index in [1.54, 1.807) is 13.2 Å². The number of aliphatic hydroxyl groups excluding tert-OH is 1. The molecule has 0 spiro atoms. The van der Waals surface area contributed by atoms with Gasteiger partial charge in [0.15, 0.2) is 11.5 Å². The predicted octanol–water partition coefficient (Wildman–Crippen LogP) is 2.68. The molecule has 0 aliphatic heterocycles. The van der Waals surface area contributed by atoms with Crippen LogP contribution in [0.2, 0.25) is 0 Å². The van der Waals surface area contributed by atoms with Gasteiger partial charge < -0.3 is 14.6 Å². The maximum absolute atomic E-state index is 9.15. The largest absolute Gasteiger partial charge is 0.493 e. The zero-order chi connectivity index (χ0) is 13.0. The summed E-state index contributed by atoms with van der Waals surface area (Å²) in [5.74, 6) is 1.69. The van der Waals surface area contributed by atoms with Gasteiger partial charge in [0.25, 0.3) is 0 Å². The van der Waals surface area contributed by atoms with E-state index < -0.39 is 0 Å². The molecule has 0 saturated carbocycles. The monoisotopic (exact) mass is 245 g/mol. The Labute approximate surface area is 106 Å². The molecule has 1 heterocycles. The average Bonchev–Trinajstić information content (AvgIpc) is 2.38. The molecule has 2 aromatic rings. The lowest BCUT2D eigenvalue weighted by atomic mass is 10.2. The van der Waals surface area contributed by atoms with Crippen LogP contribution < -0.4 is 9.47 Å². The summed E-state index contributed by atoms with van der Waals surface area (Å²) in [6.07, 6.45) is 0. The fourth-order valence-corrected chi connectivity index (χ4v) is 1.67. The highest BCUT2D eigenvalue weighted by Crippen LogP contribution is 2.30. The summed E-state index contributed by atoms with van der Waals surface area (Å²) >= 11 is 0. The van der Waals surface area contributed by atoms with E-state index in [-0.39, 0.29) is 6.61 Å². The first-order valence-corrected chi connectivity index (χ1v) is 5.62. The Morgan fingerprint density at radius 1 is 1.17 bits per heavy atom. The quantitative estimate of drug-likeness (QED) is 0.899. The van der Waals surface area contributed by atoms with Crippen molar-refractivity contribution in [2.75, 3.05) is 7.11 Å². The minimum Gasteiger partial charge on any atom is -0.493 e. The number of aryl methyl sites for hydroxylation is 1. The van der Waals surface area contributed by atoms with E-state index >= 15 is 0 Å². The van der Waals surface area contributed by atoms with Crippen LogP contribution in [0, 0.1) is 6.92 Å². The minimum absolute atomic E-state index is 0.0361. The number of aromatic nitrogens is 1. The van der Waals surface area contributed by atoms with Crippen LogP contribution >= 0.6 is 0 Å². The van der Waals surface area contributed by atoms with E-state index in [9.17, 15) is 0 Å². The summed E-state index contributed by atoms with van der Waals surface area (Å²) in [5.41, 5.74) is 1.57. The third-order valence-electron chi connectivity index (χ3n) is 2.46. The van der Waals surface area contributed by atoms with Crippen LogP contribution in [0.1, 0.15) is 11.3 Å². The highest BCUT2D eigenvalue weighted by Gasteiger charge is 2.06. The molecule has 94 valence electrons. The normalized spacial score (nSPS) is 10.2. The fourth-order valence-electron chi connectivity index (χ4n) is 1.67. The van der Waals surface area contributed by atoms with Crippen molar-refractivity contribution >= 4 is 0 Å². The molecule has 1 N–H and O–H groups in total. The molecule has 2 rings (SSSR count). The van der Waals surface area contributed by atoms with Crippen LogP contribution in [-0.4, -0.2) is 17.2 Å². The van der Waals surface area contributed by atoms with Gasteiger partial charge in [-0.15, -0.1) is 0 Å². The molecule has 1 aromatic heterocycles. The first kappa shape index (κ1) is 12.4. The number of hydrogen-bond acceptors (Lipinski definition) is 4. The van der Waals surface area contributed by atoms with Crippen LogP contribution in [0.3, 0.4) is 0 Å². The molecular weight excluding hydrogens is 230 g/mol. The number of benzene rings is 1. The molecule has 0 radical (unpaired) electrons. The number of para-hydroxylation sites is 2. The lowest BCUT2D eigenvalue weighted by molar-refractivity contribution is 0.280. The van der Waals surface area contributed by atoms with E-state index in [1.807, 2.05) is 37.3 Å². The van der Waals surface area contributed by atoms with Crippen LogP contribution in [0.25, 0.3) is 0 Å². The van der Waals surface area contributed by atoms with Gasteiger partial charge in [0.1, 0.15) is 0 Å². The maximum Gasteiger partial charge on any atom is 0.219 e. The van der Waals surface area contributed by atoms with Gasteiger partial charge in [-0.25, -0.2) is 4.98 Å². The molecule has 0 fully saturated rings. The molecule has 0 amide bonds. The highest BCUT2D eigenvalue weighted by atomic mass is 16.5. The van der Waals surface area contributed by atoms with Gasteiger partial charge in [-0.1, -0.05) is 12.1 Å². The number of hydrogen-bond donors (Lipinski definition) is 1. The second-order valence-electron chi connectivity index (χ2n) is 3.87. The van der Waals surface area contributed by atoms with Crippen molar-refractivity contribution in [3.05, 3.63) is 47.7 Å². The lowest BCUT2D eigenvalue weighted by Gasteiger charge is -2.10. The third-order valence-corrected chi connectivity index (χ3v) is 2.46. The number of aliphatic hydroxyl groups is 1. The van der Waals surface area contributed by atoms with Gasteiger partial charge in [-0.2, -0.15) is 0 Å². The standard InChI is InChI=1S/C14H15NO3/c1-10-7-11(9-16)8-14(15-10)18-13-6-4-3-5-12(13)17-2/h3-8,16H,9H2,1-2H3. The highest BCUT2D eigenvalue weighted by molar-refractivity contribution is 5.42. The SMILES string of the molecule is COc1ccccc1Oc1cc(CO)cc(C)n1. The predicted molar refractivity (Wildman–Crippen MR) is 68.0 cm³/mol. The van der Waals surface area contributed by atoms with Crippen molar-refractivity contribution in [2.45, 2.75) is 13.5 Å². The minimum atomic E-state index is -0.0361. The van der Waals surface area contributed by atoms with E-state index in [0.717, 1.165) is 11.3 Å². The van der Waals surface area contributed by atoms with Crippen molar-refractivity contribution in [2.24, 2.45) is 0 Å². The van der Waals surface area contributed by atoms with E-state index in [0.29, 0.717) is 17.4 Å². The van der Waals surface area contributed by atoms with Crippen LogP contribution in [0.5, 0.6) is 17.4 Å². The number of methoxy groups -OCH3 is 1. The summed E-state index contributed by atoms with van der Waals surface area (Å²) in [5, 5.41) is 9.15. The molecule has 0 aliphatic rings. The summed E-state index contributed by atoms with van der Waals surface area (Å²) in [6, 6.07) is 10.9. The molecular formula is C14H15NO3. The fraction of sp³-hybridized carbons (Fsp3) is 0.214. The van der Waals surface area contributed by atoms with Crippen LogP contribution in [0.4, 0.5) is 0 Å². The zero-order valence-electron chi connectivity index (χ0n) is 10.4. The van der Waals surface area contributed by atoms with E-state index in [4.69, 9.17) is 14.6 Å². The summed E-state index contributed by atoms with van der Waals surface area (Å²) in [4.78, 5) is 4.26. The zero-order valence-corrected chi connectivity index (χ0v) is 10.4. The topological polar surface area (TPSA) is 51.6 Å². The molecule has 4 heteroatoms. The first-order chi connectivity index (χ1) is 8.72.